The number of piperazine rings is 1. The highest BCUT2D eigenvalue weighted by Crippen LogP contribution is 2.23. The summed E-state index contributed by atoms with van der Waals surface area (Å²) in [6.45, 7) is 6.06. The van der Waals surface area contributed by atoms with Crippen LogP contribution in [-0.2, 0) is 17.8 Å². The van der Waals surface area contributed by atoms with Crippen molar-refractivity contribution in [3.63, 3.8) is 0 Å². The van der Waals surface area contributed by atoms with Gasteiger partial charge < -0.3 is 9.42 Å². The van der Waals surface area contributed by atoms with Crippen LogP contribution in [0.3, 0.4) is 0 Å². The number of thiazole rings is 1. The first-order valence-electron chi connectivity index (χ1n) is 9.94. The van der Waals surface area contributed by atoms with Gasteiger partial charge in [0.15, 0.2) is 5.76 Å². The summed E-state index contributed by atoms with van der Waals surface area (Å²) in [6, 6.07) is 10.2. The Balaban J connectivity index is 1.15. The van der Waals surface area contributed by atoms with Gasteiger partial charge in [-0.15, -0.1) is 11.3 Å². The number of para-hydroxylation sites is 1. The molecule has 0 aliphatic carbocycles. The zero-order chi connectivity index (χ0) is 19.3. The van der Waals surface area contributed by atoms with Crippen LogP contribution < -0.4 is 0 Å². The van der Waals surface area contributed by atoms with Gasteiger partial charge in [0.25, 0.3) is 0 Å². The lowest BCUT2D eigenvalue weighted by atomic mass is 10.1. The molecule has 1 amide bonds. The van der Waals surface area contributed by atoms with Crippen LogP contribution in [0.15, 0.2) is 34.9 Å². The smallest absolute Gasteiger partial charge is 0.222 e. The molecule has 1 aliphatic rings. The molecule has 0 saturated carbocycles. The van der Waals surface area contributed by atoms with Gasteiger partial charge in [0.1, 0.15) is 0 Å². The van der Waals surface area contributed by atoms with Gasteiger partial charge >= 0.3 is 0 Å². The van der Waals surface area contributed by atoms with E-state index in [4.69, 9.17) is 4.52 Å². The Morgan fingerprint density at radius 3 is 2.75 bits per heavy atom. The number of aromatic nitrogens is 2. The monoisotopic (exact) mass is 398 g/mol. The van der Waals surface area contributed by atoms with Crippen LogP contribution in [-0.4, -0.2) is 52.0 Å². The number of carbonyl (C=O) groups excluding carboxylic acids is 1. The van der Waals surface area contributed by atoms with Crippen molar-refractivity contribution < 1.29 is 9.32 Å². The van der Waals surface area contributed by atoms with Gasteiger partial charge in [-0.25, -0.2) is 4.98 Å². The number of fused-ring (bicyclic) bond motifs is 1. The molecule has 28 heavy (non-hydrogen) atoms. The summed E-state index contributed by atoms with van der Waals surface area (Å²) in [5, 5.41) is 5.10. The largest absolute Gasteiger partial charge is 0.360 e. The summed E-state index contributed by atoms with van der Waals surface area (Å²) in [5.74, 6) is 1.17. The van der Waals surface area contributed by atoms with E-state index in [0.29, 0.717) is 6.42 Å². The first-order valence-corrected chi connectivity index (χ1v) is 10.8. The number of aryl methyl sites for hydroxylation is 2. The van der Waals surface area contributed by atoms with Gasteiger partial charge in [-0.3, -0.25) is 9.69 Å². The van der Waals surface area contributed by atoms with Crippen LogP contribution in [0.25, 0.3) is 10.2 Å². The maximum absolute atomic E-state index is 12.5. The third kappa shape index (κ3) is 4.77. The zero-order valence-electron chi connectivity index (χ0n) is 16.3. The minimum absolute atomic E-state index is 0.277. The van der Waals surface area contributed by atoms with Gasteiger partial charge in [0.05, 0.1) is 27.5 Å². The first kappa shape index (κ1) is 19.1. The lowest BCUT2D eigenvalue weighted by Crippen LogP contribution is -2.48. The highest BCUT2D eigenvalue weighted by Gasteiger charge is 2.21. The number of hydrogen-bond donors (Lipinski definition) is 0. The molecule has 7 heteroatoms. The summed E-state index contributed by atoms with van der Waals surface area (Å²) >= 11 is 1.76. The molecular weight excluding hydrogens is 372 g/mol. The second-order valence-corrected chi connectivity index (χ2v) is 8.49. The average Bonchev–Trinajstić information content (AvgIpc) is 3.31. The quantitative estimate of drug-likeness (QED) is 0.569. The highest BCUT2D eigenvalue weighted by molar-refractivity contribution is 7.18. The summed E-state index contributed by atoms with van der Waals surface area (Å²) in [4.78, 5) is 21.5. The number of amides is 1. The SMILES string of the molecule is Cc1cc(CN2CCN(C(=O)CCCCc3nc4ccccc4s3)CC2)on1. The second kappa shape index (κ2) is 8.84. The van der Waals surface area contributed by atoms with E-state index in [1.165, 1.54) is 9.71 Å². The number of unbranched alkanes of at least 4 members (excludes halogenated alkanes) is 1. The number of benzene rings is 1. The third-order valence-corrected chi connectivity index (χ3v) is 6.25. The Labute approximate surface area is 169 Å². The predicted octanol–water partition coefficient (Wildman–Crippen LogP) is 3.65. The molecule has 1 aromatic carbocycles. The van der Waals surface area contributed by atoms with Crippen molar-refractivity contribution in [1.29, 1.82) is 0 Å². The molecule has 3 aromatic rings. The Hall–Kier alpha value is -2.25. The fraction of sp³-hybridized carbons (Fsp3) is 0.476. The van der Waals surface area contributed by atoms with E-state index in [2.05, 4.69) is 33.2 Å². The molecule has 0 N–H and O–H groups in total. The van der Waals surface area contributed by atoms with Crippen LogP contribution in [0.5, 0.6) is 0 Å². The van der Waals surface area contributed by atoms with E-state index in [-0.39, 0.29) is 5.91 Å². The fourth-order valence-corrected chi connectivity index (χ4v) is 4.61. The van der Waals surface area contributed by atoms with Gasteiger partial charge in [0, 0.05) is 38.7 Å². The summed E-state index contributed by atoms with van der Waals surface area (Å²) < 4.78 is 6.53. The van der Waals surface area contributed by atoms with E-state index >= 15 is 0 Å². The maximum atomic E-state index is 12.5. The third-order valence-electron chi connectivity index (χ3n) is 5.15. The lowest BCUT2D eigenvalue weighted by Gasteiger charge is -2.34. The molecule has 2 aromatic heterocycles. The molecule has 0 spiro atoms. The van der Waals surface area contributed by atoms with Crippen molar-refractivity contribution in [2.45, 2.75) is 39.2 Å². The molecule has 1 aliphatic heterocycles. The molecule has 4 rings (SSSR count). The minimum Gasteiger partial charge on any atom is -0.360 e. The van der Waals surface area contributed by atoms with E-state index in [1.807, 2.05) is 24.0 Å². The molecule has 148 valence electrons. The highest BCUT2D eigenvalue weighted by atomic mass is 32.1. The molecule has 1 saturated heterocycles. The van der Waals surface area contributed by atoms with Crippen LogP contribution in [0.2, 0.25) is 0 Å². The molecule has 0 radical (unpaired) electrons. The van der Waals surface area contributed by atoms with Gasteiger partial charge in [-0.1, -0.05) is 17.3 Å². The first-order chi connectivity index (χ1) is 13.7. The van der Waals surface area contributed by atoms with Crippen molar-refractivity contribution >= 4 is 27.5 Å². The van der Waals surface area contributed by atoms with Crippen molar-refractivity contribution in [1.82, 2.24) is 19.9 Å². The minimum atomic E-state index is 0.277. The topological polar surface area (TPSA) is 62.5 Å². The Morgan fingerprint density at radius 2 is 2.00 bits per heavy atom. The standard InChI is InChI=1S/C21H26N4O2S/c1-16-14-17(27-23-16)15-24-10-12-25(13-11-24)21(26)9-5-4-8-20-22-18-6-2-3-7-19(18)28-20/h2-3,6-7,14H,4-5,8-13,15H2,1H3. The van der Waals surface area contributed by atoms with Gasteiger partial charge in [-0.2, -0.15) is 0 Å². The van der Waals surface area contributed by atoms with Gasteiger partial charge in [-0.05, 0) is 38.3 Å². The normalized spacial score (nSPS) is 15.4. The molecule has 0 bridgehead atoms. The van der Waals surface area contributed by atoms with Crippen molar-refractivity contribution in [3.8, 4) is 0 Å². The summed E-state index contributed by atoms with van der Waals surface area (Å²) in [7, 11) is 0. The molecule has 3 heterocycles. The van der Waals surface area contributed by atoms with E-state index in [0.717, 1.165) is 69.0 Å². The van der Waals surface area contributed by atoms with Crippen molar-refractivity contribution in [3.05, 3.63) is 46.8 Å². The predicted molar refractivity (Wildman–Crippen MR) is 110 cm³/mol. The Morgan fingerprint density at radius 1 is 1.18 bits per heavy atom. The summed E-state index contributed by atoms with van der Waals surface area (Å²) in [6.07, 6.45) is 3.52. The molecule has 6 nitrogen and oxygen atoms in total. The average molecular weight is 399 g/mol. The van der Waals surface area contributed by atoms with Crippen LogP contribution in [0.4, 0.5) is 0 Å². The van der Waals surface area contributed by atoms with Crippen LogP contribution >= 0.6 is 11.3 Å². The van der Waals surface area contributed by atoms with Crippen LogP contribution in [0.1, 0.15) is 35.7 Å². The van der Waals surface area contributed by atoms with Crippen LogP contribution in [0, 0.1) is 6.92 Å². The molecule has 1 fully saturated rings. The summed E-state index contributed by atoms with van der Waals surface area (Å²) in [5.41, 5.74) is 1.99. The van der Waals surface area contributed by atoms with Crippen molar-refractivity contribution in [2.24, 2.45) is 0 Å². The molecule has 0 unspecified atom stereocenters. The Kier molecular flexibility index (Phi) is 6.02. The number of nitrogens with zero attached hydrogens (tertiary/aromatic N) is 4. The maximum Gasteiger partial charge on any atom is 0.222 e. The molecular formula is C21H26N4O2S. The van der Waals surface area contributed by atoms with Crippen molar-refractivity contribution in [2.75, 3.05) is 26.2 Å². The number of rotatable bonds is 7. The van der Waals surface area contributed by atoms with E-state index < -0.39 is 0 Å². The molecule has 0 atom stereocenters. The second-order valence-electron chi connectivity index (χ2n) is 7.37. The zero-order valence-corrected chi connectivity index (χ0v) is 17.1. The van der Waals surface area contributed by atoms with E-state index in [1.54, 1.807) is 11.3 Å². The van der Waals surface area contributed by atoms with Gasteiger partial charge in [0.2, 0.25) is 5.91 Å². The lowest BCUT2D eigenvalue weighted by molar-refractivity contribution is -0.133. The number of carbonyl (C=O) groups is 1. The Bertz CT molecular complexity index is 894. The fourth-order valence-electron chi connectivity index (χ4n) is 3.60. The number of hydrogen-bond acceptors (Lipinski definition) is 6. The van der Waals surface area contributed by atoms with E-state index in [9.17, 15) is 4.79 Å².